The number of methoxy groups -OCH3 is 1. The maximum Gasteiger partial charge on any atom is 0.242 e. The van der Waals surface area contributed by atoms with Crippen molar-refractivity contribution in [1.82, 2.24) is 9.29 Å². The molecule has 0 amide bonds. The van der Waals surface area contributed by atoms with E-state index in [2.05, 4.69) is 10.3 Å². The number of hydrogen-bond donors (Lipinski definition) is 1. The minimum absolute atomic E-state index is 0.0163. The smallest absolute Gasteiger partial charge is 0.242 e. The lowest BCUT2D eigenvalue weighted by Gasteiger charge is -2.12. The Morgan fingerprint density at radius 3 is 2.70 bits per heavy atom. The van der Waals surface area contributed by atoms with Gasteiger partial charge in [-0.15, -0.1) is 0 Å². The number of nitrogens with one attached hydrogen (secondary N) is 1. The van der Waals surface area contributed by atoms with Crippen molar-refractivity contribution in [2.24, 2.45) is 0 Å². The summed E-state index contributed by atoms with van der Waals surface area (Å²) in [5.74, 6) is 0.523. The zero-order valence-corrected chi connectivity index (χ0v) is 16.7. The number of nitrogens with zero attached hydrogens (tertiary/aromatic N) is 2. The van der Waals surface area contributed by atoms with E-state index in [0.717, 1.165) is 20.3 Å². The summed E-state index contributed by atoms with van der Waals surface area (Å²) < 4.78 is 31.7. The molecule has 0 saturated carbocycles. The first-order valence-corrected chi connectivity index (χ1v) is 10.3. The molecule has 0 fully saturated rings. The first-order valence-electron chi connectivity index (χ1n) is 8.05. The van der Waals surface area contributed by atoms with Gasteiger partial charge < -0.3 is 10.1 Å². The van der Waals surface area contributed by atoms with Crippen LogP contribution < -0.4 is 10.1 Å². The monoisotopic (exact) mass is 405 g/mol. The van der Waals surface area contributed by atoms with Gasteiger partial charge in [-0.25, -0.2) is 17.7 Å². The number of hydrogen-bond acceptors (Lipinski definition) is 7. The standard InChI is InChI=1S/C18H19N3O4S2/c1-21(2)27(23,24)14-6-4-5-12(9-14)16(22)11-19-18-20-15-8-7-13(25-3)10-17(15)26-18/h4-10H,11H2,1-3H3,(H,19,20). The molecule has 0 aliphatic carbocycles. The molecule has 0 atom stereocenters. The third kappa shape index (κ3) is 4.10. The van der Waals surface area contributed by atoms with Gasteiger partial charge in [-0.3, -0.25) is 4.79 Å². The molecule has 0 radical (unpaired) electrons. The van der Waals surface area contributed by atoms with E-state index in [-0.39, 0.29) is 17.2 Å². The van der Waals surface area contributed by atoms with Gasteiger partial charge in [-0.1, -0.05) is 23.5 Å². The van der Waals surface area contributed by atoms with E-state index in [1.54, 1.807) is 19.2 Å². The topological polar surface area (TPSA) is 88.6 Å². The zero-order valence-electron chi connectivity index (χ0n) is 15.1. The number of benzene rings is 2. The normalized spacial score (nSPS) is 11.7. The Balaban J connectivity index is 1.74. The second kappa shape index (κ2) is 7.63. The van der Waals surface area contributed by atoms with Crippen molar-refractivity contribution in [2.45, 2.75) is 4.90 Å². The van der Waals surface area contributed by atoms with Gasteiger partial charge >= 0.3 is 0 Å². The largest absolute Gasteiger partial charge is 0.497 e. The van der Waals surface area contributed by atoms with Gasteiger partial charge in [-0.05, 0) is 30.3 Å². The van der Waals surface area contributed by atoms with Crippen LogP contribution in [0.4, 0.5) is 5.13 Å². The van der Waals surface area contributed by atoms with Crippen molar-refractivity contribution in [3.63, 3.8) is 0 Å². The van der Waals surface area contributed by atoms with E-state index < -0.39 is 10.0 Å². The van der Waals surface area contributed by atoms with Crippen LogP contribution in [0.2, 0.25) is 0 Å². The molecule has 3 rings (SSSR count). The second-order valence-corrected chi connectivity index (χ2v) is 9.13. The van der Waals surface area contributed by atoms with Gasteiger partial charge in [0.2, 0.25) is 10.0 Å². The van der Waals surface area contributed by atoms with E-state index in [9.17, 15) is 13.2 Å². The summed E-state index contributed by atoms with van der Waals surface area (Å²) in [4.78, 5) is 17.0. The lowest BCUT2D eigenvalue weighted by atomic mass is 10.1. The Morgan fingerprint density at radius 1 is 1.22 bits per heavy atom. The van der Waals surface area contributed by atoms with Crippen LogP contribution in [-0.2, 0) is 10.0 Å². The van der Waals surface area contributed by atoms with E-state index in [1.807, 2.05) is 18.2 Å². The van der Waals surface area contributed by atoms with Gasteiger partial charge in [0.15, 0.2) is 10.9 Å². The number of carbonyl (C=O) groups is 1. The number of aromatic nitrogens is 1. The third-order valence-electron chi connectivity index (χ3n) is 3.93. The molecule has 7 nitrogen and oxygen atoms in total. The van der Waals surface area contributed by atoms with Gasteiger partial charge in [0.1, 0.15) is 5.75 Å². The molecule has 0 bridgehead atoms. The van der Waals surface area contributed by atoms with Crippen molar-refractivity contribution in [2.75, 3.05) is 33.1 Å². The predicted molar refractivity (Wildman–Crippen MR) is 106 cm³/mol. The SMILES string of the molecule is COc1ccc2nc(NCC(=O)c3cccc(S(=O)(=O)N(C)C)c3)sc2c1. The number of anilines is 1. The fourth-order valence-corrected chi connectivity index (χ4v) is 4.24. The fourth-order valence-electron chi connectivity index (χ4n) is 2.41. The van der Waals surface area contributed by atoms with Gasteiger partial charge in [-0.2, -0.15) is 0 Å². The summed E-state index contributed by atoms with van der Waals surface area (Å²) in [6.45, 7) is 0.0163. The zero-order chi connectivity index (χ0) is 19.6. The third-order valence-corrected chi connectivity index (χ3v) is 6.72. The molecule has 9 heteroatoms. The average Bonchev–Trinajstić information content (AvgIpc) is 3.07. The quantitative estimate of drug-likeness (QED) is 0.608. The maximum atomic E-state index is 12.5. The Kier molecular flexibility index (Phi) is 5.45. The average molecular weight is 406 g/mol. The number of carbonyl (C=O) groups excluding carboxylic acids is 1. The van der Waals surface area contributed by atoms with Crippen LogP contribution in [0.25, 0.3) is 10.2 Å². The second-order valence-electron chi connectivity index (χ2n) is 5.94. The molecular formula is C18H19N3O4S2. The van der Waals surface area contributed by atoms with Crippen LogP contribution in [0.1, 0.15) is 10.4 Å². The highest BCUT2D eigenvalue weighted by Crippen LogP contribution is 2.29. The first-order chi connectivity index (χ1) is 12.8. The number of sulfonamides is 1. The molecule has 0 unspecified atom stereocenters. The minimum atomic E-state index is -3.59. The number of thiazole rings is 1. The molecule has 142 valence electrons. The Morgan fingerprint density at radius 2 is 2.00 bits per heavy atom. The molecule has 3 aromatic rings. The Bertz CT molecular complexity index is 1090. The van der Waals surface area contributed by atoms with Gasteiger partial charge in [0, 0.05) is 19.7 Å². The van der Waals surface area contributed by atoms with Crippen molar-refractivity contribution in [1.29, 1.82) is 0 Å². The number of fused-ring (bicyclic) bond motifs is 1. The van der Waals surface area contributed by atoms with E-state index in [1.165, 1.54) is 37.6 Å². The van der Waals surface area contributed by atoms with Crippen LogP contribution in [0, 0.1) is 0 Å². The summed E-state index contributed by atoms with van der Waals surface area (Å²) in [5.41, 5.74) is 1.14. The van der Waals surface area contributed by atoms with E-state index in [4.69, 9.17) is 4.74 Å². The molecule has 1 heterocycles. The first kappa shape index (κ1) is 19.3. The molecule has 0 aliphatic heterocycles. The molecule has 0 saturated heterocycles. The molecule has 27 heavy (non-hydrogen) atoms. The molecule has 1 aromatic heterocycles. The van der Waals surface area contributed by atoms with E-state index >= 15 is 0 Å². The number of rotatable bonds is 7. The van der Waals surface area contributed by atoms with Gasteiger partial charge in [0.25, 0.3) is 0 Å². The highest BCUT2D eigenvalue weighted by molar-refractivity contribution is 7.89. The number of ketones is 1. The fraction of sp³-hybridized carbons (Fsp3) is 0.222. The van der Waals surface area contributed by atoms with Crippen molar-refractivity contribution in [3.05, 3.63) is 48.0 Å². The van der Waals surface area contributed by atoms with Crippen molar-refractivity contribution < 1.29 is 17.9 Å². The summed E-state index contributed by atoms with van der Waals surface area (Å²) in [5, 5.41) is 3.62. The lowest BCUT2D eigenvalue weighted by Crippen LogP contribution is -2.22. The minimum Gasteiger partial charge on any atom is -0.497 e. The van der Waals surface area contributed by atoms with Crippen molar-refractivity contribution in [3.8, 4) is 5.75 Å². The van der Waals surface area contributed by atoms with Crippen LogP contribution >= 0.6 is 11.3 Å². The van der Waals surface area contributed by atoms with Gasteiger partial charge in [0.05, 0.1) is 28.8 Å². The summed E-state index contributed by atoms with van der Waals surface area (Å²) in [6.07, 6.45) is 0. The Labute approximate surface area is 161 Å². The number of ether oxygens (including phenoxy) is 1. The van der Waals surface area contributed by atoms with Crippen LogP contribution in [0.3, 0.4) is 0 Å². The molecule has 1 N–H and O–H groups in total. The summed E-state index contributed by atoms with van der Waals surface area (Å²) >= 11 is 1.42. The van der Waals surface area contributed by atoms with E-state index in [0.29, 0.717) is 10.7 Å². The predicted octanol–water partition coefficient (Wildman–Crippen LogP) is 2.85. The van der Waals surface area contributed by atoms with Crippen LogP contribution in [0.15, 0.2) is 47.4 Å². The molecule has 0 aliphatic rings. The Hall–Kier alpha value is -2.49. The summed E-state index contributed by atoms with van der Waals surface area (Å²) in [7, 11) is 0.920. The highest BCUT2D eigenvalue weighted by atomic mass is 32.2. The molecular weight excluding hydrogens is 386 g/mol. The highest BCUT2D eigenvalue weighted by Gasteiger charge is 2.18. The molecule has 2 aromatic carbocycles. The lowest BCUT2D eigenvalue weighted by molar-refractivity contribution is 0.101. The van der Waals surface area contributed by atoms with Crippen LogP contribution in [-0.4, -0.2) is 51.2 Å². The summed E-state index contributed by atoms with van der Waals surface area (Å²) in [6, 6.07) is 11.6. The van der Waals surface area contributed by atoms with Crippen LogP contribution in [0.5, 0.6) is 5.75 Å². The maximum absolute atomic E-state index is 12.5. The number of Topliss-reactive ketones (excluding diaryl/α,β-unsaturated/α-hetero) is 1. The van der Waals surface area contributed by atoms with Crippen molar-refractivity contribution >= 4 is 42.5 Å². The molecule has 0 spiro atoms.